The molecule has 0 saturated heterocycles. The third-order valence-corrected chi connectivity index (χ3v) is 4.42. The van der Waals surface area contributed by atoms with Crippen molar-refractivity contribution in [3.8, 4) is 0 Å². The van der Waals surface area contributed by atoms with Crippen LogP contribution in [0.3, 0.4) is 0 Å². The highest BCUT2D eigenvalue weighted by molar-refractivity contribution is 5.28. The fourth-order valence-electron chi connectivity index (χ4n) is 3.22. The highest BCUT2D eigenvalue weighted by Crippen LogP contribution is 2.33. The quantitative estimate of drug-likeness (QED) is 0.453. The van der Waals surface area contributed by atoms with Gasteiger partial charge in [0.05, 0.1) is 5.56 Å². The van der Waals surface area contributed by atoms with Crippen LogP contribution in [0.2, 0.25) is 0 Å². The largest absolute Gasteiger partial charge is 0.419 e. The highest BCUT2D eigenvalue weighted by Gasteiger charge is 2.34. The van der Waals surface area contributed by atoms with Gasteiger partial charge in [0.25, 0.3) is 0 Å². The molecule has 0 unspecified atom stereocenters. The number of hydrogen-bond donors (Lipinski definition) is 0. The summed E-state index contributed by atoms with van der Waals surface area (Å²) >= 11 is 0. The fourth-order valence-corrected chi connectivity index (χ4v) is 3.22. The SMILES string of the molecule is Fc1c(CCCCC2CCCCC2)cccc1C(F)(F)F. The van der Waals surface area contributed by atoms with E-state index in [2.05, 4.69) is 0 Å². The normalized spacial score (nSPS) is 17.1. The first-order chi connectivity index (χ1) is 9.98. The van der Waals surface area contributed by atoms with E-state index < -0.39 is 17.6 Å². The molecule has 1 aromatic rings. The number of aryl methyl sites for hydroxylation is 1. The molecule has 0 aromatic heterocycles. The molecule has 0 heterocycles. The van der Waals surface area contributed by atoms with Crippen LogP contribution in [0.15, 0.2) is 18.2 Å². The Kier molecular flexibility index (Phi) is 5.65. The average molecular weight is 302 g/mol. The van der Waals surface area contributed by atoms with E-state index in [0.717, 1.165) is 31.2 Å². The van der Waals surface area contributed by atoms with Crippen LogP contribution >= 0.6 is 0 Å². The van der Waals surface area contributed by atoms with Gasteiger partial charge >= 0.3 is 6.18 Å². The van der Waals surface area contributed by atoms with Gasteiger partial charge in [0, 0.05) is 0 Å². The lowest BCUT2D eigenvalue weighted by molar-refractivity contribution is -0.140. The number of unbranched alkanes of at least 4 members (excludes halogenated alkanes) is 1. The molecule has 1 aliphatic carbocycles. The van der Waals surface area contributed by atoms with Crippen molar-refractivity contribution >= 4 is 0 Å². The van der Waals surface area contributed by atoms with Gasteiger partial charge in [-0.1, -0.05) is 57.1 Å². The molecular weight excluding hydrogens is 280 g/mol. The van der Waals surface area contributed by atoms with Crippen LogP contribution in [0.25, 0.3) is 0 Å². The number of hydrogen-bond acceptors (Lipinski definition) is 0. The summed E-state index contributed by atoms with van der Waals surface area (Å²) in [7, 11) is 0. The van der Waals surface area contributed by atoms with Gasteiger partial charge in [-0.15, -0.1) is 0 Å². The molecule has 1 aromatic carbocycles. The lowest BCUT2D eigenvalue weighted by Gasteiger charge is -2.21. The molecule has 4 heteroatoms. The van der Waals surface area contributed by atoms with Gasteiger partial charge in [-0.25, -0.2) is 4.39 Å². The van der Waals surface area contributed by atoms with E-state index in [4.69, 9.17) is 0 Å². The van der Waals surface area contributed by atoms with Crippen molar-refractivity contribution in [2.24, 2.45) is 5.92 Å². The molecule has 0 aliphatic heterocycles. The van der Waals surface area contributed by atoms with Crippen LogP contribution < -0.4 is 0 Å². The Labute approximate surface area is 123 Å². The van der Waals surface area contributed by atoms with Gasteiger partial charge in [0.1, 0.15) is 5.82 Å². The molecule has 0 nitrogen and oxygen atoms in total. The van der Waals surface area contributed by atoms with E-state index >= 15 is 0 Å². The van der Waals surface area contributed by atoms with Crippen molar-refractivity contribution in [1.29, 1.82) is 0 Å². The summed E-state index contributed by atoms with van der Waals surface area (Å²) < 4.78 is 51.7. The van der Waals surface area contributed by atoms with Crippen LogP contribution in [0.1, 0.15) is 62.5 Å². The Morgan fingerprint density at radius 2 is 1.71 bits per heavy atom. The number of halogens is 4. The second-order valence-electron chi connectivity index (χ2n) is 6.03. The third-order valence-electron chi connectivity index (χ3n) is 4.42. The standard InChI is InChI=1S/C17H22F4/c18-16-14(11-6-12-15(16)17(19,20)21)10-5-4-9-13-7-2-1-3-8-13/h6,11-13H,1-5,7-10H2. The van der Waals surface area contributed by atoms with Gasteiger partial charge in [0.2, 0.25) is 0 Å². The van der Waals surface area contributed by atoms with Gasteiger partial charge in [-0.05, 0) is 30.4 Å². The predicted molar refractivity (Wildman–Crippen MR) is 75.5 cm³/mol. The van der Waals surface area contributed by atoms with Crippen molar-refractivity contribution < 1.29 is 17.6 Å². The Balaban J connectivity index is 1.83. The molecule has 1 fully saturated rings. The van der Waals surface area contributed by atoms with Crippen molar-refractivity contribution in [3.63, 3.8) is 0 Å². The first-order valence-electron chi connectivity index (χ1n) is 7.83. The maximum atomic E-state index is 13.8. The highest BCUT2D eigenvalue weighted by atomic mass is 19.4. The van der Waals surface area contributed by atoms with E-state index in [9.17, 15) is 17.6 Å². The van der Waals surface area contributed by atoms with Crippen molar-refractivity contribution in [2.75, 3.05) is 0 Å². The molecule has 21 heavy (non-hydrogen) atoms. The van der Waals surface area contributed by atoms with Crippen LogP contribution in [0, 0.1) is 11.7 Å². The number of rotatable bonds is 5. The second-order valence-corrected chi connectivity index (χ2v) is 6.03. The molecule has 0 radical (unpaired) electrons. The van der Waals surface area contributed by atoms with Gasteiger partial charge in [0.15, 0.2) is 0 Å². The molecular formula is C17H22F4. The summed E-state index contributed by atoms with van der Waals surface area (Å²) in [5, 5.41) is 0. The summed E-state index contributed by atoms with van der Waals surface area (Å²) in [6.07, 6.45) is 5.11. The van der Waals surface area contributed by atoms with Gasteiger partial charge < -0.3 is 0 Å². The minimum Gasteiger partial charge on any atom is -0.206 e. The Hall–Kier alpha value is -1.06. The Morgan fingerprint density at radius 1 is 1.00 bits per heavy atom. The topological polar surface area (TPSA) is 0 Å². The maximum absolute atomic E-state index is 13.8. The van der Waals surface area contributed by atoms with Gasteiger partial charge in [-0.2, -0.15) is 13.2 Å². The van der Waals surface area contributed by atoms with Crippen LogP contribution in [-0.2, 0) is 12.6 Å². The molecule has 0 atom stereocenters. The lowest BCUT2D eigenvalue weighted by atomic mass is 9.85. The Morgan fingerprint density at radius 3 is 2.38 bits per heavy atom. The van der Waals surface area contributed by atoms with E-state index in [-0.39, 0.29) is 5.56 Å². The summed E-state index contributed by atoms with van der Waals surface area (Å²) in [6.45, 7) is 0. The fraction of sp³-hybridized carbons (Fsp3) is 0.647. The van der Waals surface area contributed by atoms with Crippen molar-refractivity contribution in [1.82, 2.24) is 0 Å². The summed E-state index contributed by atoms with van der Waals surface area (Å²) in [4.78, 5) is 0. The molecule has 0 N–H and O–H groups in total. The molecule has 1 aliphatic rings. The van der Waals surface area contributed by atoms with Gasteiger partial charge in [-0.3, -0.25) is 0 Å². The van der Waals surface area contributed by atoms with E-state index in [1.807, 2.05) is 0 Å². The second kappa shape index (κ2) is 7.28. The van der Waals surface area contributed by atoms with Crippen LogP contribution in [0.5, 0.6) is 0 Å². The Bertz CT molecular complexity index is 445. The van der Waals surface area contributed by atoms with E-state index in [1.165, 1.54) is 44.2 Å². The summed E-state index contributed by atoms with van der Waals surface area (Å²) in [6, 6.07) is 3.56. The average Bonchev–Trinajstić information content (AvgIpc) is 2.45. The lowest BCUT2D eigenvalue weighted by Crippen LogP contribution is -2.10. The maximum Gasteiger partial charge on any atom is 0.419 e. The van der Waals surface area contributed by atoms with E-state index in [0.29, 0.717) is 6.42 Å². The molecule has 0 bridgehead atoms. The molecule has 0 spiro atoms. The molecule has 1 saturated carbocycles. The zero-order valence-electron chi connectivity index (χ0n) is 12.2. The van der Waals surface area contributed by atoms with E-state index in [1.54, 1.807) is 0 Å². The first-order valence-corrected chi connectivity index (χ1v) is 7.83. The van der Waals surface area contributed by atoms with Crippen LogP contribution in [-0.4, -0.2) is 0 Å². The summed E-state index contributed by atoms with van der Waals surface area (Å²) in [5.74, 6) is -0.326. The zero-order chi connectivity index (χ0) is 15.3. The minimum atomic E-state index is -4.61. The monoisotopic (exact) mass is 302 g/mol. The van der Waals surface area contributed by atoms with Crippen molar-refractivity contribution in [3.05, 3.63) is 35.1 Å². The molecule has 0 amide bonds. The molecule has 2 rings (SSSR count). The molecule has 118 valence electrons. The minimum absolute atomic E-state index is 0.188. The zero-order valence-corrected chi connectivity index (χ0v) is 12.2. The number of alkyl halides is 3. The predicted octanol–water partition coefficient (Wildman–Crippen LogP) is 6.14. The number of benzene rings is 1. The summed E-state index contributed by atoms with van der Waals surface area (Å²) in [5.41, 5.74) is -0.958. The van der Waals surface area contributed by atoms with Crippen LogP contribution in [0.4, 0.5) is 17.6 Å². The smallest absolute Gasteiger partial charge is 0.206 e. The third kappa shape index (κ3) is 4.72. The first kappa shape index (κ1) is 16.3. The van der Waals surface area contributed by atoms with Crippen molar-refractivity contribution in [2.45, 2.75) is 64.0 Å².